The highest BCUT2D eigenvalue weighted by atomic mass is 32.2. The largest absolute Gasteiger partial charge is 0.399 e. The highest BCUT2D eigenvalue weighted by Gasteiger charge is 2.16. The van der Waals surface area contributed by atoms with E-state index in [4.69, 9.17) is 5.73 Å². The molecule has 0 spiro atoms. The third kappa shape index (κ3) is 3.11. The molecule has 0 saturated carbocycles. The van der Waals surface area contributed by atoms with Gasteiger partial charge in [-0.25, -0.2) is 0 Å². The fourth-order valence-electron chi connectivity index (χ4n) is 1.19. The molecule has 0 atom stereocenters. The van der Waals surface area contributed by atoms with Gasteiger partial charge in [-0.2, -0.15) is 13.1 Å². The van der Waals surface area contributed by atoms with Crippen molar-refractivity contribution in [3.05, 3.63) is 24.3 Å². The van der Waals surface area contributed by atoms with Crippen molar-refractivity contribution in [1.82, 2.24) is 4.72 Å². The lowest BCUT2D eigenvalue weighted by Crippen LogP contribution is -2.38. The first-order valence-corrected chi connectivity index (χ1v) is 6.50. The van der Waals surface area contributed by atoms with E-state index in [0.29, 0.717) is 17.9 Å². The van der Waals surface area contributed by atoms with E-state index in [2.05, 4.69) is 4.72 Å². The lowest BCUT2D eigenvalue weighted by Gasteiger charge is -2.19. The maximum atomic E-state index is 11.8. The molecule has 5 nitrogen and oxygen atoms in total. The predicted octanol–water partition coefficient (Wildman–Crippen LogP) is 0.949. The van der Waals surface area contributed by atoms with Gasteiger partial charge in [0.2, 0.25) is 0 Å². The number of benzene rings is 1. The summed E-state index contributed by atoms with van der Waals surface area (Å²) in [6.45, 7) is 2.33. The Labute approximate surface area is 96.4 Å². The van der Waals surface area contributed by atoms with Crippen LogP contribution >= 0.6 is 0 Å². The minimum Gasteiger partial charge on any atom is -0.399 e. The zero-order valence-corrected chi connectivity index (χ0v) is 10.3. The molecule has 6 heteroatoms. The van der Waals surface area contributed by atoms with Gasteiger partial charge in [0.15, 0.2) is 0 Å². The summed E-state index contributed by atoms with van der Waals surface area (Å²) in [5.41, 5.74) is 6.68. The monoisotopic (exact) mass is 243 g/mol. The second-order valence-electron chi connectivity index (χ2n) is 3.46. The number of nitrogens with one attached hydrogen (secondary N) is 1. The van der Waals surface area contributed by atoms with Crippen molar-refractivity contribution in [2.75, 3.05) is 23.6 Å². The number of hydrogen-bond donors (Lipinski definition) is 2. The molecule has 0 heterocycles. The number of hydrogen-bond acceptors (Lipinski definition) is 3. The van der Waals surface area contributed by atoms with Gasteiger partial charge in [0, 0.05) is 19.3 Å². The van der Waals surface area contributed by atoms with E-state index >= 15 is 0 Å². The Morgan fingerprint density at radius 3 is 2.69 bits per heavy atom. The number of rotatable bonds is 5. The van der Waals surface area contributed by atoms with E-state index in [-0.39, 0.29) is 0 Å². The molecule has 3 N–H and O–H groups in total. The predicted molar refractivity (Wildman–Crippen MR) is 66.5 cm³/mol. The fraction of sp³-hybridized carbons (Fsp3) is 0.400. The molecule has 0 aliphatic heterocycles. The number of nitrogens with zero attached hydrogens (tertiary/aromatic N) is 1. The Morgan fingerprint density at radius 2 is 2.12 bits per heavy atom. The van der Waals surface area contributed by atoms with E-state index in [1.165, 1.54) is 11.4 Å². The van der Waals surface area contributed by atoms with Crippen molar-refractivity contribution < 1.29 is 8.42 Å². The van der Waals surface area contributed by atoms with Gasteiger partial charge in [0.25, 0.3) is 0 Å². The van der Waals surface area contributed by atoms with Crippen LogP contribution in [0.25, 0.3) is 0 Å². The molecule has 1 aromatic rings. The molecule has 0 fully saturated rings. The van der Waals surface area contributed by atoms with Crippen molar-refractivity contribution in [2.24, 2.45) is 0 Å². The van der Waals surface area contributed by atoms with E-state index in [0.717, 1.165) is 6.42 Å². The Hall–Kier alpha value is -1.27. The maximum absolute atomic E-state index is 11.8. The second kappa shape index (κ2) is 5.18. The zero-order valence-electron chi connectivity index (χ0n) is 9.47. The Morgan fingerprint density at radius 1 is 1.44 bits per heavy atom. The first kappa shape index (κ1) is 12.8. The molecule has 0 amide bonds. The van der Waals surface area contributed by atoms with Gasteiger partial charge in [-0.1, -0.05) is 13.0 Å². The molecule has 0 radical (unpaired) electrons. The molecular formula is C10H17N3O2S. The summed E-state index contributed by atoms with van der Waals surface area (Å²) in [7, 11) is -1.97. The topological polar surface area (TPSA) is 75.4 Å². The SMILES string of the molecule is CCCNS(=O)(=O)N(C)c1cccc(N)c1. The molecule has 1 aromatic carbocycles. The first-order chi connectivity index (χ1) is 7.47. The number of nitrogen functional groups attached to an aromatic ring is 1. The van der Waals surface area contributed by atoms with E-state index in [1.807, 2.05) is 6.92 Å². The Kier molecular flexibility index (Phi) is 4.14. The minimum absolute atomic E-state index is 0.426. The van der Waals surface area contributed by atoms with E-state index < -0.39 is 10.2 Å². The number of anilines is 2. The second-order valence-corrected chi connectivity index (χ2v) is 5.25. The van der Waals surface area contributed by atoms with Crippen LogP contribution in [-0.2, 0) is 10.2 Å². The minimum atomic E-state index is -3.46. The van der Waals surface area contributed by atoms with E-state index in [9.17, 15) is 8.42 Å². The van der Waals surface area contributed by atoms with Crippen LogP contribution in [0.5, 0.6) is 0 Å². The summed E-state index contributed by atoms with van der Waals surface area (Å²) in [5, 5.41) is 0. The molecule has 0 unspecified atom stereocenters. The van der Waals surface area contributed by atoms with E-state index in [1.54, 1.807) is 24.3 Å². The summed E-state index contributed by atoms with van der Waals surface area (Å²) in [5.74, 6) is 0. The molecule has 0 aliphatic carbocycles. The van der Waals surface area contributed by atoms with Gasteiger partial charge < -0.3 is 5.73 Å². The van der Waals surface area contributed by atoms with Crippen molar-refractivity contribution in [2.45, 2.75) is 13.3 Å². The molecule has 16 heavy (non-hydrogen) atoms. The number of nitrogens with two attached hydrogens (primary N) is 1. The molecule has 0 aliphatic rings. The highest BCUT2D eigenvalue weighted by molar-refractivity contribution is 7.90. The van der Waals surface area contributed by atoms with Crippen molar-refractivity contribution >= 4 is 21.6 Å². The van der Waals surface area contributed by atoms with Crippen LogP contribution in [0.15, 0.2) is 24.3 Å². The summed E-state index contributed by atoms with van der Waals surface area (Å²) in [6, 6.07) is 6.74. The average molecular weight is 243 g/mol. The molecular weight excluding hydrogens is 226 g/mol. The van der Waals surface area contributed by atoms with Gasteiger partial charge in [-0.05, 0) is 24.6 Å². The first-order valence-electron chi connectivity index (χ1n) is 5.06. The van der Waals surface area contributed by atoms with Crippen molar-refractivity contribution in [3.8, 4) is 0 Å². The van der Waals surface area contributed by atoms with Crippen LogP contribution in [0.2, 0.25) is 0 Å². The fourth-order valence-corrected chi connectivity index (χ4v) is 2.23. The van der Waals surface area contributed by atoms with Gasteiger partial charge in [0.1, 0.15) is 0 Å². The van der Waals surface area contributed by atoms with Crippen LogP contribution < -0.4 is 14.8 Å². The molecule has 90 valence electrons. The van der Waals surface area contributed by atoms with Gasteiger partial charge in [-0.3, -0.25) is 4.31 Å². The van der Waals surface area contributed by atoms with Crippen LogP contribution in [0.4, 0.5) is 11.4 Å². The Balaban J connectivity index is 2.89. The van der Waals surface area contributed by atoms with Crippen LogP contribution in [0, 0.1) is 0 Å². The van der Waals surface area contributed by atoms with Crippen LogP contribution in [-0.4, -0.2) is 22.0 Å². The molecule has 0 saturated heterocycles. The lowest BCUT2D eigenvalue weighted by atomic mass is 10.3. The van der Waals surface area contributed by atoms with Crippen molar-refractivity contribution in [1.29, 1.82) is 0 Å². The zero-order chi connectivity index (χ0) is 12.2. The Bertz CT molecular complexity index is 445. The molecule has 1 rings (SSSR count). The standard InChI is InChI=1S/C10H17N3O2S/c1-3-7-12-16(14,15)13(2)10-6-4-5-9(11)8-10/h4-6,8,12H,3,7,11H2,1-2H3. The van der Waals surface area contributed by atoms with Gasteiger partial charge in [-0.15, -0.1) is 0 Å². The summed E-state index contributed by atoms with van der Waals surface area (Å²) >= 11 is 0. The molecule has 0 bridgehead atoms. The summed E-state index contributed by atoms with van der Waals surface area (Å²) < 4.78 is 27.2. The van der Waals surface area contributed by atoms with Gasteiger partial charge >= 0.3 is 10.2 Å². The van der Waals surface area contributed by atoms with Crippen LogP contribution in [0.3, 0.4) is 0 Å². The summed E-state index contributed by atoms with van der Waals surface area (Å²) in [6.07, 6.45) is 0.754. The third-order valence-electron chi connectivity index (χ3n) is 2.13. The maximum Gasteiger partial charge on any atom is 0.301 e. The average Bonchev–Trinajstić information content (AvgIpc) is 2.25. The lowest BCUT2D eigenvalue weighted by molar-refractivity contribution is 0.579. The highest BCUT2D eigenvalue weighted by Crippen LogP contribution is 2.17. The quantitative estimate of drug-likeness (QED) is 0.756. The van der Waals surface area contributed by atoms with Crippen LogP contribution in [0.1, 0.15) is 13.3 Å². The third-order valence-corrected chi connectivity index (χ3v) is 3.63. The summed E-state index contributed by atoms with van der Waals surface area (Å²) in [4.78, 5) is 0. The van der Waals surface area contributed by atoms with Gasteiger partial charge in [0.05, 0.1) is 5.69 Å². The normalized spacial score (nSPS) is 11.4. The van der Waals surface area contributed by atoms with Crippen molar-refractivity contribution in [3.63, 3.8) is 0 Å². The molecule has 0 aromatic heterocycles. The smallest absolute Gasteiger partial charge is 0.301 e.